The van der Waals surface area contributed by atoms with Gasteiger partial charge in [0.15, 0.2) is 0 Å². The van der Waals surface area contributed by atoms with Gasteiger partial charge in [-0.15, -0.1) is 6.58 Å². The number of allylic oxidation sites excluding steroid dienone is 1. The third kappa shape index (κ3) is 3.17. The predicted octanol–water partition coefficient (Wildman–Crippen LogP) is 4.33. The number of benzene rings is 1. The summed E-state index contributed by atoms with van der Waals surface area (Å²) < 4.78 is 6.06. The molecular weight excluding hydrogens is 348 g/mol. The zero-order valence-corrected chi connectivity index (χ0v) is 16.2. The molecule has 0 fully saturated rings. The zero-order chi connectivity index (χ0) is 19.5. The molecule has 3 aromatic heterocycles. The van der Waals surface area contributed by atoms with Gasteiger partial charge in [0.05, 0.1) is 42.2 Å². The number of aryl methyl sites for hydroxylation is 1. The van der Waals surface area contributed by atoms with E-state index in [9.17, 15) is 0 Å². The van der Waals surface area contributed by atoms with E-state index in [0.717, 1.165) is 34.6 Å². The maximum absolute atomic E-state index is 4.80. The van der Waals surface area contributed by atoms with Crippen LogP contribution in [0.3, 0.4) is 0 Å². The topological polar surface area (TPSA) is 53.5 Å². The van der Waals surface area contributed by atoms with E-state index >= 15 is 0 Å². The molecule has 0 spiro atoms. The van der Waals surface area contributed by atoms with Crippen LogP contribution < -0.4 is 0 Å². The molecule has 0 radical (unpaired) electrons. The Balaban J connectivity index is 1.90. The molecule has 1 aromatic carbocycles. The molecule has 4 rings (SSSR count). The van der Waals surface area contributed by atoms with Gasteiger partial charge in [0.1, 0.15) is 0 Å². The minimum Gasteiger partial charge on any atom is -0.321 e. The van der Waals surface area contributed by atoms with Gasteiger partial charge in [-0.2, -0.15) is 10.2 Å². The van der Waals surface area contributed by atoms with Crippen LogP contribution in [0.1, 0.15) is 25.1 Å². The van der Waals surface area contributed by atoms with Crippen molar-refractivity contribution in [2.45, 2.75) is 25.9 Å². The number of aromatic nitrogens is 6. The Bertz CT molecular complexity index is 1070. The summed E-state index contributed by atoms with van der Waals surface area (Å²) in [6.45, 7) is 6.67. The maximum atomic E-state index is 4.80. The average molecular weight is 372 g/mol. The van der Waals surface area contributed by atoms with Crippen LogP contribution in [0.25, 0.3) is 22.5 Å². The second kappa shape index (κ2) is 7.68. The van der Waals surface area contributed by atoms with E-state index < -0.39 is 0 Å². The lowest BCUT2D eigenvalue weighted by molar-refractivity contribution is 0.522. The van der Waals surface area contributed by atoms with Crippen molar-refractivity contribution in [3.63, 3.8) is 0 Å². The molecule has 1 unspecified atom stereocenters. The summed E-state index contributed by atoms with van der Waals surface area (Å²) in [5.74, 6) is 0. The van der Waals surface area contributed by atoms with Crippen LogP contribution in [0.15, 0.2) is 74.0 Å². The van der Waals surface area contributed by atoms with Crippen LogP contribution in [-0.4, -0.2) is 29.1 Å². The Labute approximate surface area is 164 Å². The normalized spacial score (nSPS) is 12.2. The van der Waals surface area contributed by atoms with Gasteiger partial charge >= 0.3 is 0 Å². The van der Waals surface area contributed by atoms with E-state index in [-0.39, 0.29) is 6.04 Å². The number of hydrogen-bond donors (Lipinski definition) is 0. The Morgan fingerprint density at radius 2 is 1.93 bits per heavy atom. The molecule has 6 heteroatoms. The molecule has 6 nitrogen and oxygen atoms in total. The van der Waals surface area contributed by atoms with Crippen molar-refractivity contribution in [1.29, 1.82) is 0 Å². The zero-order valence-electron chi connectivity index (χ0n) is 16.2. The van der Waals surface area contributed by atoms with Crippen molar-refractivity contribution in [2.24, 2.45) is 7.05 Å². The Morgan fingerprint density at radius 3 is 2.61 bits per heavy atom. The summed E-state index contributed by atoms with van der Waals surface area (Å²) in [5.41, 5.74) is 5.31. The fraction of sp³-hybridized carbons (Fsp3) is 0.227. The first kappa shape index (κ1) is 18.0. The molecule has 0 saturated carbocycles. The Kier molecular flexibility index (Phi) is 4.93. The standard InChI is InChI=1S/C22H24N6/c1-4-13-27-15-18(14-25-27)22-21(17-9-7-6-8-10-17)23-16-28(22)19(5-2)20-11-12-24-26(20)3/h4,6-12,14-16,19H,1,5,13H2,2-3H3. The molecule has 142 valence electrons. The molecule has 0 N–H and O–H groups in total. The highest BCUT2D eigenvalue weighted by molar-refractivity contribution is 5.78. The lowest BCUT2D eigenvalue weighted by Gasteiger charge is -2.20. The SMILES string of the molecule is C=CCn1cc(-c2c(-c3ccccc3)ncn2C(CC)c2ccnn2C)cn1. The summed E-state index contributed by atoms with van der Waals surface area (Å²) in [6, 6.07) is 12.5. The molecule has 0 amide bonds. The first-order chi connectivity index (χ1) is 13.7. The summed E-state index contributed by atoms with van der Waals surface area (Å²) in [5, 5.41) is 8.85. The van der Waals surface area contributed by atoms with Crippen LogP contribution in [0.2, 0.25) is 0 Å². The average Bonchev–Trinajstić information content (AvgIpc) is 3.44. The highest BCUT2D eigenvalue weighted by Gasteiger charge is 2.23. The molecule has 4 aromatic rings. The van der Waals surface area contributed by atoms with Crippen molar-refractivity contribution in [3.8, 4) is 22.5 Å². The van der Waals surface area contributed by atoms with E-state index in [4.69, 9.17) is 4.98 Å². The largest absolute Gasteiger partial charge is 0.321 e. The number of nitrogens with zero attached hydrogens (tertiary/aromatic N) is 6. The van der Waals surface area contributed by atoms with Gasteiger partial charge in [-0.1, -0.05) is 43.3 Å². The van der Waals surface area contributed by atoms with Crippen LogP contribution in [0, 0.1) is 0 Å². The number of rotatable bonds is 7. The van der Waals surface area contributed by atoms with Crippen LogP contribution in [-0.2, 0) is 13.6 Å². The van der Waals surface area contributed by atoms with Gasteiger partial charge < -0.3 is 4.57 Å². The maximum Gasteiger partial charge on any atom is 0.0965 e. The predicted molar refractivity (Wildman–Crippen MR) is 111 cm³/mol. The van der Waals surface area contributed by atoms with E-state index in [1.165, 1.54) is 0 Å². The number of hydrogen-bond acceptors (Lipinski definition) is 3. The third-order valence-corrected chi connectivity index (χ3v) is 4.99. The van der Waals surface area contributed by atoms with E-state index in [2.05, 4.69) is 52.7 Å². The highest BCUT2D eigenvalue weighted by atomic mass is 15.3. The highest BCUT2D eigenvalue weighted by Crippen LogP contribution is 2.35. The Hall–Kier alpha value is -3.41. The van der Waals surface area contributed by atoms with Crippen molar-refractivity contribution in [2.75, 3.05) is 0 Å². The van der Waals surface area contributed by atoms with Gasteiger partial charge in [-0.3, -0.25) is 9.36 Å². The van der Waals surface area contributed by atoms with E-state index in [0.29, 0.717) is 6.54 Å². The summed E-state index contributed by atoms with van der Waals surface area (Å²) in [4.78, 5) is 4.80. The molecule has 0 saturated heterocycles. The lowest BCUT2D eigenvalue weighted by atomic mass is 10.1. The molecule has 0 aliphatic heterocycles. The molecule has 3 heterocycles. The minimum atomic E-state index is 0.134. The van der Waals surface area contributed by atoms with Crippen LogP contribution >= 0.6 is 0 Å². The van der Waals surface area contributed by atoms with Crippen molar-refractivity contribution < 1.29 is 0 Å². The quantitative estimate of drug-likeness (QED) is 0.454. The molecule has 0 bridgehead atoms. The first-order valence-electron chi connectivity index (χ1n) is 9.46. The van der Waals surface area contributed by atoms with Gasteiger partial charge in [0.25, 0.3) is 0 Å². The summed E-state index contributed by atoms with van der Waals surface area (Å²) in [6.07, 6.45) is 10.5. The smallest absolute Gasteiger partial charge is 0.0965 e. The van der Waals surface area contributed by atoms with Crippen molar-refractivity contribution in [1.82, 2.24) is 29.1 Å². The van der Waals surface area contributed by atoms with Crippen LogP contribution in [0.4, 0.5) is 0 Å². The molecule has 28 heavy (non-hydrogen) atoms. The molecule has 1 atom stereocenters. The van der Waals surface area contributed by atoms with Gasteiger partial charge in [0.2, 0.25) is 0 Å². The van der Waals surface area contributed by atoms with Gasteiger partial charge in [-0.05, 0) is 12.5 Å². The van der Waals surface area contributed by atoms with E-state index in [1.807, 2.05) is 59.4 Å². The lowest BCUT2D eigenvalue weighted by Crippen LogP contribution is -2.14. The summed E-state index contributed by atoms with van der Waals surface area (Å²) >= 11 is 0. The molecule has 0 aliphatic carbocycles. The monoisotopic (exact) mass is 372 g/mol. The van der Waals surface area contributed by atoms with E-state index in [1.54, 1.807) is 0 Å². The second-order valence-corrected chi connectivity index (χ2v) is 6.76. The number of imidazole rings is 1. The fourth-order valence-corrected chi connectivity index (χ4v) is 3.67. The minimum absolute atomic E-state index is 0.134. The van der Waals surface area contributed by atoms with Gasteiger partial charge in [0, 0.05) is 30.6 Å². The second-order valence-electron chi connectivity index (χ2n) is 6.76. The first-order valence-corrected chi connectivity index (χ1v) is 9.46. The van der Waals surface area contributed by atoms with Crippen molar-refractivity contribution in [3.05, 3.63) is 79.7 Å². The van der Waals surface area contributed by atoms with Crippen LogP contribution in [0.5, 0.6) is 0 Å². The fourth-order valence-electron chi connectivity index (χ4n) is 3.67. The molecular formula is C22H24N6. The summed E-state index contributed by atoms with van der Waals surface area (Å²) in [7, 11) is 1.98. The van der Waals surface area contributed by atoms with Crippen molar-refractivity contribution >= 4 is 0 Å². The Morgan fingerprint density at radius 1 is 1.11 bits per heavy atom. The molecule has 0 aliphatic rings. The van der Waals surface area contributed by atoms with Gasteiger partial charge in [-0.25, -0.2) is 4.98 Å². The third-order valence-electron chi connectivity index (χ3n) is 4.99.